The van der Waals surface area contributed by atoms with E-state index in [0.29, 0.717) is 10.0 Å². The third-order valence-corrected chi connectivity index (χ3v) is 3.49. The van der Waals surface area contributed by atoms with Gasteiger partial charge < -0.3 is 9.88 Å². The van der Waals surface area contributed by atoms with Crippen LogP contribution in [0, 0.1) is 10.1 Å². The number of nitro groups is 1. The van der Waals surface area contributed by atoms with Crippen molar-refractivity contribution in [1.82, 2.24) is 4.57 Å². The molecule has 0 aliphatic rings. The molecule has 0 fully saturated rings. The van der Waals surface area contributed by atoms with Crippen LogP contribution in [0.25, 0.3) is 0 Å². The Balaban J connectivity index is 2.46. The summed E-state index contributed by atoms with van der Waals surface area (Å²) in [7, 11) is 1.73. The van der Waals surface area contributed by atoms with Crippen molar-refractivity contribution < 1.29 is 4.92 Å². The van der Waals surface area contributed by atoms with E-state index in [9.17, 15) is 14.9 Å². The van der Waals surface area contributed by atoms with E-state index in [-0.39, 0.29) is 17.8 Å². The molecular weight excluding hydrogens is 326 g/mol. The molecule has 1 heterocycles. The third kappa shape index (κ3) is 2.88. The van der Waals surface area contributed by atoms with Crippen LogP contribution in [0.3, 0.4) is 0 Å². The van der Waals surface area contributed by atoms with E-state index in [1.165, 1.54) is 16.7 Å². The minimum Gasteiger partial charge on any atom is -0.388 e. The van der Waals surface area contributed by atoms with Gasteiger partial charge in [-0.05, 0) is 34.1 Å². The number of benzene rings is 1. The van der Waals surface area contributed by atoms with Crippen molar-refractivity contribution in [2.45, 2.75) is 6.54 Å². The molecule has 0 spiro atoms. The van der Waals surface area contributed by atoms with Gasteiger partial charge in [0.1, 0.15) is 0 Å². The number of pyridine rings is 1. The fraction of sp³-hybridized carbons (Fsp3) is 0.154. The van der Waals surface area contributed by atoms with E-state index in [1.54, 1.807) is 31.4 Å². The summed E-state index contributed by atoms with van der Waals surface area (Å²) in [5.74, 6) is 0. The predicted molar refractivity (Wildman–Crippen MR) is 80.1 cm³/mol. The number of nitro benzene ring substituents is 1. The summed E-state index contributed by atoms with van der Waals surface area (Å²) >= 11 is 3.18. The molecule has 2 aromatic rings. The first kappa shape index (κ1) is 14.3. The zero-order valence-corrected chi connectivity index (χ0v) is 12.3. The molecule has 0 amide bonds. The summed E-state index contributed by atoms with van der Waals surface area (Å²) < 4.78 is 1.95. The molecule has 0 saturated heterocycles. The summed E-state index contributed by atoms with van der Waals surface area (Å²) in [5, 5.41) is 13.8. The number of nitrogens with one attached hydrogen (secondary N) is 1. The number of aromatic nitrogens is 1. The van der Waals surface area contributed by atoms with Crippen LogP contribution in [0.2, 0.25) is 0 Å². The van der Waals surface area contributed by atoms with Crippen LogP contribution >= 0.6 is 15.9 Å². The lowest BCUT2D eigenvalue weighted by molar-refractivity contribution is -0.384. The lowest BCUT2D eigenvalue weighted by Gasteiger charge is -2.11. The number of non-ortho nitro benzene ring substituents is 1. The number of hydrogen-bond acceptors (Lipinski definition) is 4. The van der Waals surface area contributed by atoms with Gasteiger partial charge in [-0.3, -0.25) is 14.9 Å². The summed E-state index contributed by atoms with van der Waals surface area (Å²) in [6.07, 6.45) is 1.64. The van der Waals surface area contributed by atoms with E-state index in [4.69, 9.17) is 0 Å². The van der Waals surface area contributed by atoms with Crippen LogP contribution in [0.5, 0.6) is 0 Å². The van der Waals surface area contributed by atoms with Crippen molar-refractivity contribution in [3.05, 3.63) is 67.0 Å². The first-order valence-electron chi connectivity index (χ1n) is 5.83. The van der Waals surface area contributed by atoms with Crippen LogP contribution in [-0.4, -0.2) is 16.5 Å². The number of hydrogen-bond donors (Lipinski definition) is 1. The number of nitrogens with zero attached hydrogens (tertiary/aromatic N) is 2. The molecule has 1 aromatic carbocycles. The van der Waals surface area contributed by atoms with Gasteiger partial charge in [0.2, 0.25) is 0 Å². The van der Waals surface area contributed by atoms with Gasteiger partial charge in [-0.1, -0.05) is 0 Å². The predicted octanol–water partition coefficient (Wildman–Crippen LogP) is 2.61. The van der Waals surface area contributed by atoms with E-state index in [1.807, 2.05) is 0 Å². The van der Waals surface area contributed by atoms with Gasteiger partial charge >= 0.3 is 0 Å². The maximum absolute atomic E-state index is 12.0. The van der Waals surface area contributed by atoms with Crippen molar-refractivity contribution in [3.63, 3.8) is 0 Å². The van der Waals surface area contributed by atoms with Crippen molar-refractivity contribution in [3.8, 4) is 0 Å². The average Bonchev–Trinajstić information content (AvgIpc) is 2.43. The highest BCUT2D eigenvalue weighted by atomic mass is 79.9. The maximum Gasteiger partial charge on any atom is 0.269 e. The summed E-state index contributed by atoms with van der Waals surface area (Å²) in [6.45, 7) is 0.260. The third-order valence-electron chi connectivity index (χ3n) is 2.88. The number of halogens is 1. The first-order valence-corrected chi connectivity index (χ1v) is 6.62. The molecule has 104 valence electrons. The lowest BCUT2D eigenvalue weighted by atomic mass is 10.1. The van der Waals surface area contributed by atoms with E-state index in [2.05, 4.69) is 21.2 Å². The smallest absolute Gasteiger partial charge is 0.269 e. The van der Waals surface area contributed by atoms with Crippen molar-refractivity contribution >= 4 is 27.3 Å². The number of rotatable bonds is 4. The fourth-order valence-corrected chi connectivity index (χ4v) is 2.26. The second-order valence-electron chi connectivity index (χ2n) is 4.14. The molecule has 0 bridgehead atoms. The second kappa shape index (κ2) is 5.87. The van der Waals surface area contributed by atoms with Crippen LogP contribution in [0.15, 0.2) is 45.8 Å². The molecule has 0 atom stereocenters. The van der Waals surface area contributed by atoms with Gasteiger partial charge in [0.05, 0.1) is 15.9 Å². The Bertz CT molecular complexity index is 712. The Labute approximate surface area is 123 Å². The molecule has 7 heteroatoms. The van der Waals surface area contributed by atoms with Gasteiger partial charge in [0.15, 0.2) is 0 Å². The molecular formula is C13H12BrN3O3. The molecule has 0 saturated carbocycles. The minimum atomic E-state index is -0.452. The Morgan fingerprint density at radius 3 is 2.80 bits per heavy atom. The summed E-state index contributed by atoms with van der Waals surface area (Å²) in [4.78, 5) is 22.3. The second-order valence-corrected chi connectivity index (χ2v) is 4.99. The Morgan fingerprint density at radius 1 is 1.40 bits per heavy atom. The Kier molecular flexibility index (Phi) is 4.19. The topological polar surface area (TPSA) is 77.2 Å². The Morgan fingerprint density at radius 2 is 2.15 bits per heavy atom. The SMILES string of the molecule is CNc1ccc([N+](=O)[O-])cc1Cn1cccc(Br)c1=O. The molecule has 1 N–H and O–H groups in total. The largest absolute Gasteiger partial charge is 0.388 e. The van der Waals surface area contributed by atoms with Crippen LogP contribution in [0.1, 0.15) is 5.56 Å². The van der Waals surface area contributed by atoms with Crippen molar-refractivity contribution in [2.75, 3.05) is 12.4 Å². The van der Waals surface area contributed by atoms with Crippen molar-refractivity contribution in [1.29, 1.82) is 0 Å². The van der Waals surface area contributed by atoms with Crippen LogP contribution in [0.4, 0.5) is 11.4 Å². The molecule has 6 nitrogen and oxygen atoms in total. The molecule has 0 unspecified atom stereocenters. The molecule has 20 heavy (non-hydrogen) atoms. The quantitative estimate of drug-likeness (QED) is 0.687. The molecule has 0 radical (unpaired) electrons. The van der Waals surface area contributed by atoms with Crippen LogP contribution < -0.4 is 10.9 Å². The van der Waals surface area contributed by atoms with Crippen LogP contribution in [-0.2, 0) is 6.54 Å². The Hall–Kier alpha value is -2.15. The van der Waals surface area contributed by atoms with Gasteiger partial charge in [0.25, 0.3) is 11.2 Å². The lowest BCUT2D eigenvalue weighted by Crippen LogP contribution is -2.20. The van der Waals surface area contributed by atoms with E-state index in [0.717, 1.165) is 5.69 Å². The van der Waals surface area contributed by atoms with Gasteiger partial charge in [-0.25, -0.2) is 0 Å². The summed E-state index contributed by atoms with van der Waals surface area (Å²) in [5.41, 5.74) is 1.26. The molecule has 0 aliphatic carbocycles. The first-order chi connectivity index (χ1) is 9.52. The zero-order valence-electron chi connectivity index (χ0n) is 10.7. The minimum absolute atomic E-state index is 0.00189. The zero-order chi connectivity index (χ0) is 14.7. The highest BCUT2D eigenvalue weighted by Gasteiger charge is 2.11. The highest BCUT2D eigenvalue weighted by molar-refractivity contribution is 9.10. The van der Waals surface area contributed by atoms with Crippen molar-refractivity contribution in [2.24, 2.45) is 0 Å². The van der Waals surface area contributed by atoms with E-state index >= 15 is 0 Å². The molecule has 0 aliphatic heterocycles. The number of anilines is 1. The maximum atomic E-state index is 12.0. The molecule has 1 aromatic heterocycles. The standard InChI is InChI=1S/C13H12BrN3O3/c1-15-12-5-4-10(17(19)20)7-9(12)8-16-6-2-3-11(14)13(16)18/h2-7,15H,8H2,1H3. The summed E-state index contributed by atoms with van der Waals surface area (Å²) in [6, 6.07) is 7.93. The highest BCUT2D eigenvalue weighted by Crippen LogP contribution is 2.22. The normalized spacial score (nSPS) is 10.3. The van der Waals surface area contributed by atoms with Gasteiger partial charge in [-0.2, -0.15) is 0 Å². The molecule has 2 rings (SSSR count). The van der Waals surface area contributed by atoms with E-state index < -0.39 is 4.92 Å². The monoisotopic (exact) mass is 337 g/mol. The average molecular weight is 338 g/mol. The fourth-order valence-electron chi connectivity index (χ4n) is 1.88. The van der Waals surface area contributed by atoms with Gasteiger partial charge in [0, 0.05) is 36.6 Å². The van der Waals surface area contributed by atoms with Gasteiger partial charge in [-0.15, -0.1) is 0 Å².